The molecule has 1 aliphatic carbocycles. The summed E-state index contributed by atoms with van der Waals surface area (Å²) >= 11 is 1.42. The lowest BCUT2D eigenvalue weighted by molar-refractivity contribution is 0.0940. The van der Waals surface area contributed by atoms with E-state index in [0.29, 0.717) is 28.7 Å². The Morgan fingerprint density at radius 2 is 2.04 bits per heavy atom. The summed E-state index contributed by atoms with van der Waals surface area (Å²) in [6.07, 6.45) is 2.41. The third-order valence-electron chi connectivity index (χ3n) is 4.73. The number of halogens is 1. The lowest BCUT2D eigenvalue weighted by atomic mass is 10.0. The fourth-order valence-electron chi connectivity index (χ4n) is 3.13. The number of carbonyl (C=O) groups excluding carboxylic acids is 1. The van der Waals surface area contributed by atoms with Gasteiger partial charge in [-0.3, -0.25) is 9.59 Å². The summed E-state index contributed by atoms with van der Waals surface area (Å²) < 4.78 is 13.4. The lowest BCUT2D eigenvalue weighted by Crippen LogP contribution is -2.30. The van der Waals surface area contributed by atoms with E-state index in [-0.39, 0.29) is 17.3 Å². The van der Waals surface area contributed by atoms with Crippen LogP contribution in [0.3, 0.4) is 0 Å². The number of nitrogens with one attached hydrogen (secondary N) is 2. The van der Waals surface area contributed by atoms with Crippen LogP contribution in [0.15, 0.2) is 47.3 Å². The van der Waals surface area contributed by atoms with Gasteiger partial charge in [-0.25, -0.2) is 9.37 Å². The molecule has 28 heavy (non-hydrogen) atoms. The van der Waals surface area contributed by atoms with Crippen molar-refractivity contribution in [1.82, 2.24) is 15.3 Å². The number of hydrogen-bond donors (Lipinski definition) is 2. The van der Waals surface area contributed by atoms with E-state index in [0.717, 1.165) is 23.3 Å². The van der Waals surface area contributed by atoms with Crippen LogP contribution in [0, 0.1) is 12.7 Å². The number of hydrogen-bond acceptors (Lipinski definition) is 4. The van der Waals surface area contributed by atoms with Gasteiger partial charge < -0.3 is 10.3 Å². The molecule has 0 spiro atoms. The van der Waals surface area contributed by atoms with Crippen LogP contribution in [0.2, 0.25) is 0 Å². The molecule has 0 saturated heterocycles. The summed E-state index contributed by atoms with van der Waals surface area (Å²) in [7, 11) is 0. The van der Waals surface area contributed by atoms with Crippen LogP contribution in [0.25, 0.3) is 0 Å². The molecule has 7 heteroatoms. The molecule has 2 aromatic heterocycles. The van der Waals surface area contributed by atoms with Crippen LogP contribution >= 0.6 is 11.3 Å². The van der Waals surface area contributed by atoms with Gasteiger partial charge in [0.25, 0.3) is 11.5 Å². The SMILES string of the molecule is Cc1ccc(C(=O)N[C@@H](Cc2cc(=O)[nH]c(C3CC3)n2)c2ccc(F)cc2)s1. The molecule has 4 rings (SSSR count). The maximum Gasteiger partial charge on any atom is 0.261 e. The van der Waals surface area contributed by atoms with E-state index < -0.39 is 6.04 Å². The first-order valence-electron chi connectivity index (χ1n) is 9.21. The normalized spacial score (nSPS) is 14.6. The van der Waals surface area contributed by atoms with Crippen LogP contribution in [0.4, 0.5) is 4.39 Å². The van der Waals surface area contributed by atoms with Crippen molar-refractivity contribution >= 4 is 17.2 Å². The molecule has 144 valence electrons. The number of carbonyl (C=O) groups is 1. The Labute approximate surface area is 165 Å². The van der Waals surface area contributed by atoms with Crippen molar-refractivity contribution in [3.63, 3.8) is 0 Å². The molecule has 0 radical (unpaired) electrons. The Hall–Kier alpha value is -2.80. The number of amides is 1. The highest BCUT2D eigenvalue weighted by atomic mass is 32.1. The summed E-state index contributed by atoms with van der Waals surface area (Å²) in [6.45, 7) is 1.94. The van der Waals surface area contributed by atoms with Gasteiger partial charge in [0.15, 0.2) is 0 Å². The number of nitrogens with zero attached hydrogens (tertiary/aromatic N) is 1. The molecular weight excluding hydrogens is 377 g/mol. The first-order chi connectivity index (χ1) is 13.5. The smallest absolute Gasteiger partial charge is 0.261 e. The monoisotopic (exact) mass is 397 g/mol. The van der Waals surface area contributed by atoms with Gasteiger partial charge in [0.2, 0.25) is 0 Å². The topological polar surface area (TPSA) is 74.8 Å². The van der Waals surface area contributed by atoms with Crippen molar-refractivity contribution in [3.05, 3.63) is 85.5 Å². The Morgan fingerprint density at radius 1 is 1.29 bits per heavy atom. The molecule has 0 bridgehead atoms. The Bertz CT molecular complexity index is 1050. The summed E-state index contributed by atoms with van der Waals surface area (Å²) in [5.41, 5.74) is 1.19. The number of benzene rings is 1. The van der Waals surface area contributed by atoms with Gasteiger partial charge in [-0.05, 0) is 49.6 Å². The van der Waals surface area contributed by atoms with Gasteiger partial charge in [0, 0.05) is 23.3 Å². The second-order valence-corrected chi connectivity index (χ2v) is 8.38. The van der Waals surface area contributed by atoms with Crippen molar-refractivity contribution in [2.75, 3.05) is 0 Å². The minimum atomic E-state index is -0.420. The maximum absolute atomic E-state index is 13.4. The van der Waals surface area contributed by atoms with E-state index >= 15 is 0 Å². The summed E-state index contributed by atoms with van der Waals surface area (Å²) in [5, 5.41) is 3.01. The molecule has 2 N–H and O–H groups in total. The van der Waals surface area contributed by atoms with Gasteiger partial charge in [-0.2, -0.15) is 0 Å². The molecule has 1 aromatic carbocycles. The fraction of sp³-hybridized carbons (Fsp3) is 0.286. The second-order valence-electron chi connectivity index (χ2n) is 7.09. The van der Waals surface area contributed by atoms with E-state index in [1.807, 2.05) is 13.0 Å². The fourth-order valence-corrected chi connectivity index (χ4v) is 3.90. The van der Waals surface area contributed by atoms with Crippen molar-refractivity contribution in [3.8, 4) is 0 Å². The van der Waals surface area contributed by atoms with Crippen LogP contribution in [0.5, 0.6) is 0 Å². The zero-order valence-corrected chi connectivity index (χ0v) is 16.2. The summed E-state index contributed by atoms with van der Waals surface area (Å²) in [4.78, 5) is 33.8. The first-order valence-corrected chi connectivity index (χ1v) is 10.0. The van der Waals surface area contributed by atoms with Crippen molar-refractivity contribution in [2.24, 2.45) is 0 Å². The van der Waals surface area contributed by atoms with Crippen LogP contribution in [0.1, 0.15) is 56.4 Å². The second kappa shape index (κ2) is 7.67. The van der Waals surface area contributed by atoms with E-state index in [1.165, 1.54) is 29.5 Å². The predicted molar refractivity (Wildman–Crippen MR) is 106 cm³/mol. The molecule has 2 heterocycles. The Kier molecular flexibility index (Phi) is 5.09. The largest absolute Gasteiger partial charge is 0.344 e. The number of aromatic amines is 1. The quantitative estimate of drug-likeness (QED) is 0.663. The lowest BCUT2D eigenvalue weighted by Gasteiger charge is -2.19. The molecule has 0 aliphatic heterocycles. The maximum atomic E-state index is 13.4. The van der Waals surface area contributed by atoms with E-state index in [1.54, 1.807) is 18.2 Å². The molecule has 1 aliphatic rings. The standard InChI is InChI=1S/C21H20FN3O2S/c1-12-2-9-18(28-12)21(27)24-17(13-5-7-15(22)8-6-13)10-16-11-19(26)25-20(23-16)14-3-4-14/h2,5-9,11,14,17H,3-4,10H2,1H3,(H,24,27)(H,23,25,26)/t17-/m0/s1. The first kappa shape index (κ1) is 18.6. The van der Waals surface area contributed by atoms with Crippen molar-refractivity contribution in [2.45, 2.75) is 38.1 Å². The highest BCUT2D eigenvalue weighted by molar-refractivity contribution is 7.13. The highest BCUT2D eigenvalue weighted by Crippen LogP contribution is 2.37. The molecule has 1 amide bonds. The number of thiophene rings is 1. The minimum absolute atomic E-state index is 0.190. The summed E-state index contributed by atoms with van der Waals surface area (Å²) in [6, 6.07) is 10.8. The van der Waals surface area contributed by atoms with Crippen LogP contribution in [-0.2, 0) is 6.42 Å². The highest BCUT2D eigenvalue weighted by Gasteiger charge is 2.27. The third-order valence-corrected chi connectivity index (χ3v) is 5.73. The molecule has 5 nitrogen and oxygen atoms in total. The predicted octanol–water partition coefficient (Wildman–Crippen LogP) is 3.87. The molecular formula is C21H20FN3O2S. The number of rotatable bonds is 6. The van der Waals surface area contributed by atoms with Gasteiger partial charge in [0.1, 0.15) is 11.6 Å². The van der Waals surface area contributed by atoms with Gasteiger partial charge in [0.05, 0.1) is 16.6 Å². The van der Waals surface area contributed by atoms with Crippen LogP contribution < -0.4 is 10.9 Å². The number of aromatic nitrogens is 2. The number of aryl methyl sites for hydroxylation is 1. The zero-order valence-electron chi connectivity index (χ0n) is 15.4. The van der Waals surface area contributed by atoms with Crippen molar-refractivity contribution in [1.29, 1.82) is 0 Å². The Morgan fingerprint density at radius 3 is 2.68 bits per heavy atom. The third kappa shape index (κ3) is 4.36. The molecule has 1 atom stereocenters. The number of H-pyrrole nitrogens is 1. The average Bonchev–Trinajstić information content (AvgIpc) is 3.42. The van der Waals surface area contributed by atoms with E-state index in [2.05, 4.69) is 15.3 Å². The van der Waals surface area contributed by atoms with E-state index in [4.69, 9.17) is 0 Å². The van der Waals surface area contributed by atoms with Crippen molar-refractivity contribution < 1.29 is 9.18 Å². The molecule has 1 saturated carbocycles. The summed E-state index contributed by atoms with van der Waals surface area (Å²) in [5.74, 6) is 0.494. The van der Waals surface area contributed by atoms with Gasteiger partial charge in [-0.15, -0.1) is 11.3 Å². The Balaban J connectivity index is 1.62. The van der Waals surface area contributed by atoms with Gasteiger partial charge >= 0.3 is 0 Å². The van der Waals surface area contributed by atoms with Gasteiger partial charge in [-0.1, -0.05) is 12.1 Å². The minimum Gasteiger partial charge on any atom is -0.344 e. The van der Waals surface area contributed by atoms with Crippen LogP contribution in [-0.4, -0.2) is 15.9 Å². The molecule has 0 unspecified atom stereocenters. The molecule has 1 fully saturated rings. The zero-order chi connectivity index (χ0) is 19.7. The van der Waals surface area contributed by atoms with E-state index in [9.17, 15) is 14.0 Å². The average molecular weight is 397 g/mol. The molecule has 3 aromatic rings.